The summed E-state index contributed by atoms with van der Waals surface area (Å²) in [7, 11) is -1.18. The van der Waals surface area contributed by atoms with E-state index in [1.807, 2.05) is 36.5 Å². The molecule has 2 atom stereocenters. The first-order valence-corrected chi connectivity index (χ1v) is 8.74. The molecule has 118 valence electrons. The molecule has 0 aliphatic heterocycles. The van der Waals surface area contributed by atoms with Gasteiger partial charge in [0.2, 0.25) is 0 Å². The fourth-order valence-corrected chi connectivity index (χ4v) is 3.65. The second-order valence-corrected chi connectivity index (χ2v) is 7.06. The molecule has 2 aromatic carbocycles. The lowest BCUT2D eigenvalue weighted by Crippen LogP contribution is -2.07. The third kappa shape index (κ3) is 3.56. The zero-order valence-electron chi connectivity index (χ0n) is 12.7. The Morgan fingerprint density at radius 1 is 1.13 bits per heavy atom. The zero-order chi connectivity index (χ0) is 16.2. The molecule has 3 aromatic rings. The molecule has 0 N–H and O–H groups in total. The fraction of sp³-hybridized carbons (Fsp3) is 0.167. The molecule has 0 bridgehead atoms. The number of halogens is 1. The SMILES string of the molecule is C[C@@H](c1ccccc1F)[S@@](=O)Cc1ccc(-n2cccn2)cc1. The van der Waals surface area contributed by atoms with Crippen molar-refractivity contribution in [3.05, 3.63) is 83.9 Å². The van der Waals surface area contributed by atoms with Gasteiger partial charge in [0.05, 0.1) is 10.9 Å². The maximum atomic E-state index is 13.8. The van der Waals surface area contributed by atoms with Crippen molar-refractivity contribution < 1.29 is 8.60 Å². The summed E-state index contributed by atoms with van der Waals surface area (Å²) >= 11 is 0. The minimum absolute atomic E-state index is 0.303. The smallest absolute Gasteiger partial charge is 0.127 e. The van der Waals surface area contributed by atoms with E-state index in [9.17, 15) is 8.60 Å². The Morgan fingerprint density at radius 2 is 1.87 bits per heavy atom. The van der Waals surface area contributed by atoms with Gasteiger partial charge in [0, 0.05) is 34.5 Å². The van der Waals surface area contributed by atoms with Gasteiger partial charge < -0.3 is 0 Å². The summed E-state index contributed by atoms with van der Waals surface area (Å²) in [4.78, 5) is 0. The van der Waals surface area contributed by atoms with Crippen LogP contribution in [0.5, 0.6) is 0 Å². The van der Waals surface area contributed by atoms with E-state index in [0.717, 1.165) is 11.3 Å². The van der Waals surface area contributed by atoms with Crippen LogP contribution in [0.1, 0.15) is 23.3 Å². The molecule has 1 heterocycles. The van der Waals surface area contributed by atoms with Crippen LogP contribution < -0.4 is 0 Å². The van der Waals surface area contributed by atoms with E-state index >= 15 is 0 Å². The van der Waals surface area contributed by atoms with E-state index in [1.165, 1.54) is 6.07 Å². The predicted octanol–water partition coefficient (Wildman–Crippen LogP) is 4.02. The van der Waals surface area contributed by atoms with Crippen LogP contribution in [0.25, 0.3) is 5.69 Å². The normalized spacial score (nSPS) is 13.7. The molecule has 23 heavy (non-hydrogen) atoms. The molecule has 5 heteroatoms. The van der Waals surface area contributed by atoms with Crippen LogP contribution in [-0.2, 0) is 16.6 Å². The first kappa shape index (κ1) is 15.6. The number of hydrogen-bond acceptors (Lipinski definition) is 2. The lowest BCUT2D eigenvalue weighted by Gasteiger charge is -2.13. The van der Waals surface area contributed by atoms with Crippen LogP contribution in [0.2, 0.25) is 0 Å². The molecule has 0 radical (unpaired) electrons. The molecule has 0 fully saturated rings. The lowest BCUT2D eigenvalue weighted by molar-refractivity contribution is 0.606. The second-order valence-electron chi connectivity index (χ2n) is 5.31. The van der Waals surface area contributed by atoms with E-state index in [2.05, 4.69) is 5.10 Å². The first-order valence-electron chi connectivity index (χ1n) is 7.35. The topological polar surface area (TPSA) is 34.9 Å². The largest absolute Gasteiger partial charge is 0.259 e. The third-order valence-electron chi connectivity index (χ3n) is 3.75. The maximum absolute atomic E-state index is 13.8. The summed E-state index contributed by atoms with van der Waals surface area (Å²) < 4.78 is 28.1. The molecule has 0 saturated heterocycles. The second kappa shape index (κ2) is 6.87. The molecule has 3 rings (SSSR count). The Kier molecular flexibility index (Phi) is 4.67. The summed E-state index contributed by atoms with van der Waals surface area (Å²) in [5.74, 6) is 0.0944. The van der Waals surface area contributed by atoms with E-state index in [-0.39, 0.29) is 11.1 Å². The Labute approximate surface area is 137 Å². The van der Waals surface area contributed by atoms with Gasteiger partial charge >= 0.3 is 0 Å². The van der Waals surface area contributed by atoms with Crippen molar-refractivity contribution in [1.82, 2.24) is 9.78 Å². The van der Waals surface area contributed by atoms with Crippen molar-refractivity contribution in [3.8, 4) is 5.69 Å². The van der Waals surface area contributed by atoms with Crippen LogP contribution >= 0.6 is 0 Å². The molecular formula is C18H17FN2OS. The van der Waals surface area contributed by atoms with Crippen molar-refractivity contribution in [1.29, 1.82) is 0 Å². The Bertz CT molecular complexity index is 800. The molecule has 0 saturated carbocycles. The van der Waals surface area contributed by atoms with Gasteiger partial charge in [-0.15, -0.1) is 0 Å². The number of rotatable bonds is 5. The molecule has 1 aromatic heterocycles. The number of benzene rings is 2. The molecule has 0 amide bonds. The van der Waals surface area contributed by atoms with E-state index in [1.54, 1.807) is 36.0 Å². The van der Waals surface area contributed by atoms with E-state index in [4.69, 9.17) is 0 Å². The summed E-state index contributed by atoms with van der Waals surface area (Å²) in [5, 5.41) is 3.82. The highest BCUT2D eigenvalue weighted by atomic mass is 32.2. The van der Waals surface area contributed by atoms with E-state index < -0.39 is 10.8 Å². The molecule has 0 unspecified atom stereocenters. The van der Waals surface area contributed by atoms with Gasteiger partial charge in [-0.1, -0.05) is 30.3 Å². The number of hydrogen-bond donors (Lipinski definition) is 0. The quantitative estimate of drug-likeness (QED) is 0.709. The van der Waals surface area contributed by atoms with Gasteiger partial charge in [-0.25, -0.2) is 9.07 Å². The molecule has 0 aliphatic rings. The van der Waals surface area contributed by atoms with Crippen LogP contribution in [0.15, 0.2) is 67.0 Å². The summed E-state index contributed by atoms with van der Waals surface area (Å²) in [5.41, 5.74) is 2.41. The monoisotopic (exact) mass is 328 g/mol. The number of nitrogens with zero attached hydrogens (tertiary/aromatic N) is 2. The third-order valence-corrected chi connectivity index (χ3v) is 5.41. The Hall–Kier alpha value is -2.27. The highest BCUT2D eigenvalue weighted by Crippen LogP contribution is 2.24. The van der Waals surface area contributed by atoms with Crippen molar-refractivity contribution >= 4 is 10.8 Å². The highest BCUT2D eigenvalue weighted by molar-refractivity contribution is 7.84. The minimum Gasteiger partial charge on any atom is -0.259 e. The van der Waals surface area contributed by atoms with Gasteiger partial charge in [0.25, 0.3) is 0 Å². The molecule has 0 spiro atoms. The Morgan fingerprint density at radius 3 is 2.52 bits per heavy atom. The van der Waals surface area contributed by atoms with Gasteiger partial charge in [0.1, 0.15) is 5.82 Å². The predicted molar refractivity (Wildman–Crippen MR) is 90.2 cm³/mol. The first-order chi connectivity index (χ1) is 11.1. The van der Waals surface area contributed by atoms with Gasteiger partial charge in [0.15, 0.2) is 0 Å². The van der Waals surface area contributed by atoms with Gasteiger partial charge in [-0.05, 0) is 36.8 Å². The summed E-state index contributed by atoms with van der Waals surface area (Å²) in [6.45, 7) is 1.80. The highest BCUT2D eigenvalue weighted by Gasteiger charge is 2.17. The number of aromatic nitrogens is 2. The van der Waals surface area contributed by atoms with E-state index in [0.29, 0.717) is 11.3 Å². The van der Waals surface area contributed by atoms with Crippen LogP contribution in [0.3, 0.4) is 0 Å². The molecular weight excluding hydrogens is 311 g/mol. The van der Waals surface area contributed by atoms with Crippen LogP contribution in [-0.4, -0.2) is 14.0 Å². The molecule has 0 aliphatic carbocycles. The minimum atomic E-state index is -1.18. The van der Waals surface area contributed by atoms with Crippen LogP contribution in [0.4, 0.5) is 4.39 Å². The molecule has 3 nitrogen and oxygen atoms in total. The maximum Gasteiger partial charge on any atom is 0.127 e. The fourth-order valence-electron chi connectivity index (χ4n) is 2.40. The van der Waals surface area contributed by atoms with Crippen molar-refractivity contribution in [2.24, 2.45) is 0 Å². The van der Waals surface area contributed by atoms with Crippen molar-refractivity contribution in [2.45, 2.75) is 17.9 Å². The average molecular weight is 328 g/mol. The standard InChI is InChI=1S/C18H17FN2OS/c1-14(17-5-2-3-6-18(17)19)23(22)13-15-7-9-16(10-8-15)21-12-4-11-20-21/h2-12,14H,13H2,1H3/t14-,23-/m0/s1. The van der Waals surface area contributed by atoms with Crippen molar-refractivity contribution in [3.63, 3.8) is 0 Å². The van der Waals surface area contributed by atoms with Gasteiger partial charge in [-0.2, -0.15) is 5.10 Å². The zero-order valence-corrected chi connectivity index (χ0v) is 13.5. The summed E-state index contributed by atoms with van der Waals surface area (Å²) in [6.07, 6.45) is 3.59. The van der Waals surface area contributed by atoms with Crippen molar-refractivity contribution in [2.75, 3.05) is 0 Å². The lowest BCUT2D eigenvalue weighted by atomic mass is 10.1. The van der Waals surface area contributed by atoms with Crippen LogP contribution in [0, 0.1) is 5.82 Å². The van der Waals surface area contributed by atoms with Gasteiger partial charge in [-0.3, -0.25) is 4.21 Å². The average Bonchev–Trinajstić information content (AvgIpc) is 3.10. The summed E-state index contributed by atoms with van der Waals surface area (Å²) in [6, 6.07) is 16.1. The Balaban J connectivity index is 1.72.